The maximum absolute atomic E-state index is 5.55. The van der Waals surface area contributed by atoms with Crippen molar-refractivity contribution in [3.05, 3.63) is 0 Å². The molecule has 0 spiro atoms. The fourth-order valence-electron chi connectivity index (χ4n) is 3.48. The van der Waals surface area contributed by atoms with E-state index < -0.39 is 0 Å². The lowest BCUT2D eigenvalue weighted by Gasteiger charge is -2.43. The lowest BCUT2D eigenvalue weighted by Crippen LogP contribution is -2.51. The van der Waals surface area contributed by atoms with Crippen LogP contribution in [0, 0.1) is 0 Å². The zero-order chi connectivity index (χ0) is 12.1. The van der Waals surface area contributed by atoms with E-state index in [-0.39, 0.29) is 0 Å². The lowest BCUT2D eigenvalue weighted by atomic mass is 9.89. The lowest BCUT2D eigenvalue weighted by molar-refractivity contribution is 0.157. The quantitative estimate of drug-likeness (QED) is 0.760. The molecule has 2 fully saturated rings. The predicted molar refractivity (Wildman–Crippen MR) is 77.2 cm³/mol. The van der Waals surface area contributed by atoms with Crippen LogP contribution in [0.3, 0.4) is 0 Å². The Labute approximate surface area is 111 Å². The molecule has 0 unspecified atom stereocenters. The van der Waals surface area contributed by atoms with Gasteiger partial charge in [-0.15, -0.1) is 0 Å². The SMILES string of the molecule is CNC(=S)N(C1CCCCC1)C1CCCCC1. The molecule has 2 nitrogen and oxygen atoms in total. The Balaban J connectivity index is 2.02. The van der Waals surface area contributed by atoms with Gasteiger partial charge >= 0.3 is 0 Å². The predicted octanol–water partition coefficient (Wildman–Crippen LogP) is 3.46. The van der Waals surface area contributed by atoms with Crippen LogP contribution in [0.4, 0.5) is 0 Å². The Morgan fingerprint density at radius 1 is 0.882 bits per heavy atom. The highest BCUT2D eigenvalue weighted by Crippen LogP contribution is 2.30. The summed E-state index contributed by atoms with van der Waals surface area (Å²) in [5, 5.41) is 4.21. The summed E-state index contributed by atoms with van der Waals surface area (Å²) in [5.41, 5.74) is 0. The summed E-state index contributed by atoms with van der Waals surface area (Å²) in [4.78, 5) is 2.56. The third-order valence-electron chi connectivity index (χ3n) is 4.38. The molecule has 0 saturated heterocycles. The number of hydrogen-bond acceptors (Lipinski definition) is 1. The first-order valence-electron chi connectivity index (χ1n) is 7.33. The largest absolute Gasteiger partial charge is 0.366 e. The van der Waals surface area contributed by atoms with E-state index in [0.29, 0.717) is 12.1 Å². The van der Waals surface area contributed by atoms with E-state index in [4.69, 9.17) is 12.2 Å². The summed E-state index contributed by atoms with van der Waals surface area (Å²) in [5.74, 6) is 0. The van der Waals surface area contributed by atoms with Crippen molar-refractivity contribution >= 4 is 17.3 Å². The molecule has 2 rings (SSSR count). The molecule has 0 bridgehead atoms. The molecule has 0 aromatic heterocycles. The van der Waals surface area contributed by atoms with Gasteiger partial charge in [0.05, 0.1) is 0 Å². The Hall–Kier alpha value is -0.310. The number of nitrogens with zero attached hydrogens (tertiary/aromatic N) is 1. The topological polar surface area (TPSA) is 15.3 Å². The van der Waals surface area contributed by atoms with Gasteiger partial charge in [0.1, 0.15) is 0 Å². The molecule has 1 N–H and O–H groups in total. The first-order valence-corrected chi connectivity index (χ1v) is 7.74. The van der Waals surface area contributed by atoms with Gasteiger partial charge in [-0.25, -0.2) is 0 Å². The second kappa shape index (κ2) is 6.58. The molecule has 0 aliphatic heterocycles. The van der Waals surface area contributed by atoms with Gasteiger partial charge in [0.2, 0.25) is 0 Å². The fourth-order valence-corrected chi connectivity index (χ4v) is 3.78. The van der Waals surface area contributed by atoms with Crippen LogP contribution in [-0.4, -0.2) is 29.1 Å². The fraction of sp³-hybridized carbons (Fsp3) is 0.929. The summed E-state index contributed by atoms with van der Waals surface area (Å²) >= 11 is 5.55. The molecule has 2 aliphatic carbocycles. The minimum Gasteiger partial charge on any atom is -0.366 e. The molecule has 0 aromatic rings. The highest BCUT2D eigenvalue weighted by Gasteiger charge is 2.29. The maximum Gasteiger partial charge on any atom is 0.169 e. The number of thiocarbonyl (C=S) groups is 1. The van der Waals surface area contributed by atoms with Crippen LogP contribution in [-0.2, 0) is 0 Å². The highest BCUT2D eigenvalue weighted by molar-refractivity contribution is 7.80. The van der Waals surface area contributed by atoms with Gasteiger partial charge in [-0.1, -0.05) is 38.5 Å². The highest BCUT2D eigenvalue weighted by atomic mass is 32.1. The summed E-state index contributed by atoms with van der Waals surface area (Å²) in [6.07, 6.45) is 13.8. The summed E-state index contributed by atoms with van der Waals surface area (Å²) in [6, 6.07) is 1.43. The first kappa shape index (κ1) is 13.1. The van der Waals surface area contributed by atoms with Gasteiger partial charge in [0, 0.05) is 19.1 Å². The molecule has 17 heavy (non-hydrogen) atoms. The van der Waals surface area contributed by atoms with Crippen molar-refractivity contribution in [3.63, 3.8) is 0 Å². The molecule has 0 amide bonds. The Morgan fingerprint density at radius 3 is 1.65 bits per heavy atom. The second-order valence-electron chi connectivity index (χ2n) is 5.55. The zero-order valence-electron chi connectivity index (χ0n) is 11.1. The van der Waals surface area contributed by atoms with Gasteiger partial charge in [-0.3, -0.25) is 0 Å². The van der Waals surface area contributed by atoms with Gasteiger partial charge in [0.25, 0.3) is 0 Å². The molecule has 2 aliphatic rings. The van der Waals surface area contributed by atoms with Gasteiger partial charge in [-0.05, 0) is 37.9 Å². The van der Waals surface area contributed by atoms with Crippen molar-refractivity contribution in [3.8, 4) is 0 Å². The van der Waals surface area contributed by atoms with Gasteiger partial charge in [-0.2, -0.15) is 0 Å². The molecular formula is C14H26N2S. The molecule has 0 atom stereocenters. The summed E-state index contributed by atoms with van der Waals surface area (Å²) < 4.78 is 0. The third-order valence-corrected chi connectivity index (χ3v) is 4.80. The van der Waals surface area contributed by atoms with E-state index in [1.165, 1.54) is 64.2 Å². The van der Waals surface area contributed by atoms with Crippen LogP contribution in [0.15, 0.2) is 0 Å². The van der Waals surface area contributed by atoms with Crippen molar-refractivity contribution in [2.45, 2.75) is 76.3 Å². The minimum absolute atomic E-state index is 0.715. The van der Waals surface area contributed by atoms with Crippen LogP contribution in [0.25, 0.3) is 0 Å². The average Bonchev–Trinajstić information content (AvgIpc) is 2.41. The van der Waals surface area contributed by atoms with E-state index in [1.807, 2.05) is 7.05 Å². The molecule has 3 heteroatoms. The molecule has 0 aromatic carbocycles. The van der Waals surface area contributed by atoms with Crippen LogP contribution in [0.2, 0.25) is 0 Å². The number of rotatable bonds is 2. The number of nitrogens with one attached hydrogen (secondary N) is 1. The van der Waals surface area contributed by atoms with Crippen LogP contribution >= 0.6 is 12.2 Å². The van der Waals surface area contributed by atoms with Crippen molar-refractivity contribution in [2.75, 3.05) is 7.05 Å². The smallest absolute Gasteiger partial charge is 0.169 e. The molecule has 0 radical (unpaired) electrons. The number of hydrogen-bond donors (Lipinski definition) is 1. The standard InChI is InChI=1S/C14H26N2S/c1-15-14(17)16(12-8-4-2-5-9-12)13-10-6-3-7-11-13/h12-13H,2-11H2,1H3,(H,15,17). The van der Waals surface area contributed by atoms with Crippen molar-refractivity contribution in [2.24, 2.45) is 0 Å². The van der Waals surface area contributed by atoms with E-state index >= 15 is 0 Å². The van der Waals surface area contributed by atoms with Gasteiger partial charge < -0.3 is 10.2 Å². The van der Waals surface area contributed by atoms with E-state index in [9.17, 15) is 0 Å². The molecular weight excluding hydrogens is 228 g/mol. The first-order chi connectivity index (χ1) is 8.33. The van der Waals surface area contributed by atoms with E-state index in [2.05, 4.69) is 10.2 Å². The zero-order valence-corrected chi connectivity index (χ0v) is 11.9. The van der Waals surface area contributed by atoms with Gasteiger partial charge in [0.15, 0.2) is 5.11 Å². The summed E-state index contributed by atoms with van der Waals surface area (Å²) in [6.45, 7) is 0. The van der Waals surface area contributed by atoms with E-state index in [1.54, 1.807) is 0 Å². The monoisotopic (exact) mass is 254 g/mol. The maximum atomic E-state index is 5.55. The van der Waals surface area contributed by atoms with Crippen LogP contribution in [0.1, 0.15) is 64.2 Å². The Morgan fingerprint density at radius 2 is 1.29 bits per heavy atom. The summed E-state index contributed by atoms with van der Waals surface area (Å²) in [7, 11) is 1.97. The molecule has 2 saturated carbocycles. The van der Waals surface area contributed by atoms with Crippen molar-refractivity contribution in [1.82, 2.24) is 10.2 Å². The Bertz CT molecular complexity index is 225. The molecule has 98 valence electrons. The van der Waals surface area contributed by atoms with Crippen molar-refractivity contribution in [1.29, 1.82) is 0 Å². The average molecular weight is 254 g/mol. The third kappa shape index (κ3) is 3.34. The molecule has 0 heterocycles. The normalized spacial score (nSPS) is 23.4. The Kier molecular flexibility index (Phi) is 5.08. The minimum atomic E-state index is 0.715. The van der Waals surface area contributed by atoms with Crippen LogP contribution < -0.4 is 5.32 Å². The van der Waals surface area contributed by atoms with Crippen LogP contribution in [0.5, 0.6) is 0 Å². The van der Waals surface area contributed by atoms with Crippen molar-refractivity contribution < 1.29 is 0 Å². The van der Waals surface area contributed by atoms with E-state index in [0.717, 1.165) is 5.11 Å². The second-order valence-corrected chi connectivity index (χ2v) is 5.93.